The van der Waals surface area contributed by atoms with Crippen molar-refractivity contribution in [1.82, 2.24) is 20.4 Å². The molecular weight excluding hydrogens is 284 g/mol. The summed E-state index contributed by atoms with van der Waals surface area (Å²) in [6.07, 6.45) is 1.11. The van der Waals surface area contributed by atoms with E-state index >= 15 is 0 Å². The van der Waals surface area contributed by atoms with Crippen LogP contribution in [0.2, 0.25) is 0 Å². The molecule has 0 fully saturated rings. The van der Waals surface area contributed by atoms with Crippen LogP contribution in [0.1, 0.15) is 51.4 Å². The van der Waals surface area contributed by atoms with Gasteiger partial charge in [0.15, 0.2) is 5.82 Å². The molecule has 0 aliphatic carbocycles. The van der Waals surface area contributed by atoms with Crippen molar-refractivity contribution in [3.63, 3.8) is 0 Å². The summed E-state index contributed by atoms with van der Waals surface area (Å²) in [5.41, 5.74) is 0. The number of carbonyl (C=O) groups excluding carboxylic acids is 1. The number of carbonyl (C=O) groups is 1. The van der Waals surface area contributed by atoms with E-state index in [0.29, 0.717) is 37.2 Å². The van der Waals surface area contributed by atoms with Gasteiger partial charge < -0.3 is 19.5 Å². The zero-order chi connectivity index (χ0) is 16.5. The van der Waals surface area contributed by atoms with Gasteiger partial charge in [-0.1, -0.05) is 19.0 Å². The van der Waals surface area contributed by atoms with Gasteiger partial charge in [-0.15, -0.1) is 0 Å². The molecule has 0 bridgehead atoms. The van der Waals surface area contributed by atoms with Crippen LogP contribution in [0, 0.1) is 5.92 Å². The van der Waals surface area contributed by atoms with Gasteiger partial charge in [0, 0.05) is 20.1 Å². The van der Waals surface area contributed by atoms with Crippen molar-refractivity contribution < 1.29 is 14.1 Å². The Morgan fingerprint density at radius 3 is 2.77 bits per heavy atom. The van der Waals surface area contributed by atoms with E-state index in [0.717, 1.165) is 13.0 Å². The largest absolute Gasteiger partial charge is 0.370 e. The Kier molecular flexibility index (Phi) is 8.05. The molecule has 0 aliphatic rings. The van der Waals surface area contributed by atoms with Crippen molar-refractivity contribution >= 4 is 5.91 Å². The topological polar surface area (TPSA) is 80.5 Å². The summed E-state index contributed by atoms with van der Waals surface area (Å²) in [5.74, 6) is 1.47. The average Bonchev–Trinajstić information content (AvgIpc) is 2.93. The number of hydrogen-bond acceptors (Lipinski definition) is 6. The summed E-state index contributed by atoms with van der Waals surface area (Å²) in [6.45, 7) is 7.86. The first-order valence-electron chi connectivity index (χ1n) is 7.76. The molecule has 0 aliphatic heterocycles. The molecule has 1 aromatic rings. The standard InChI is InChI=1S/C15H28N4O3/c1-11(2)10-21-12(3)15-17-13(22-18-15)9-19(5)14(20)7-6-8-16-4/h11-12,16H,6-10H2,1-5H3. The number of rotatable bonds is 10. The lowest BCUT2D eigenvalue weighted by molar-refractivity contribution is -0.130. The highest BCUT2D eigenvalue weighted by Gasteiger charge is 2.17. The van der Waals surface area contributed by atoms with E-state index in [2.05, 4.69) is 29.3 Å². The fourth-order valence-corrected chi connectivity index (χ4v) is 1.81. The maximum Gasteiger partial charge on any atom is 0.246 e. The van der Waals surface area contributed by atoms with Gasteiger partial charge in [0.1, 0.15) is 6.10 Å². The van der Waals surface area contributed by atoms with Crippen LogP contribution in [-0.4, -0.2) is 48.2 Å². The van der Waals surface area contributed by atoms with Gasteiger partial charge in [-0.3, -0.25) is 4.79 Å². The summed E-state index contributed by atoms with van der Waals surface area (Å²) in [6, 6.07) is 0. The summed E-state index contributed by atoms with van der Waals surface area (Å²) in [4.78, 5) is 17.8. The second-order valence-electron chi connectivity index (χ2n) is 5.87. The third-order valence-corrected chi connectivity index (χ3v) is 3.14. The zero-order valence-corrected chi connectivity index (χ0v) is 14.3. The van der Waals surface area contributed by atoms with Gasteiger partial charge in [-0.2, -0.15) is 4.98 Å². The summed E-state index contributed by atoms with van der Waals surface area (Å²) < 4.78 is 10.8. The fraction of sp³-hybridized carbons (Fsp3) is 0.800. The van der Waals surface area contributed by atoms with Crippen LogP contribution in [0.25, 0.3) is 0 Å². The highest BCUT2D eigenvalue weighted by atomic mass is 16.5. The Labute approximate surface area is 132 Å². The maximum absolute atomic E-state index is 11.9. The Bertz CT molecular complexity index is 448. The molecule has 1 rings (SSSR count). The highest BCUT2D eigenvalue weighted by molar-refractivity contribution is 5.75. The maximum atomic E-state index is 11.9. The van der Waals surface area contributed by atoms with Crippen molar-refractivity contribution in [2.75, 3.05) is 27.2 Å². The van der Waals surface area contributed by atoms with Crippen LogP contribution in [0.15, 0.2) is 4.52 Å². The monoisotopic (exact) mass is 312 g/mol. The van der Waals surface area contributed by atoms with E-state index in [-0.39, 0.29) is 12.0 Å². The van der Waals surface area contributed by atoms with Gasteiger partial charge in [-0.25, -0.2) is 0 Å². The lowest BCUT2D eigenvalue weighted by atomic mass is 10.2. The first-order valence-corrected chi connectivity index (χ1v) is 7.76. The second-order valence-corrected chi connectivity index (χ2v) is 5.87. The number of hydrogen-bond donors (Lipinski definition) is 1. The minimum Gasteiger partial charge on any atom is -0.370 e. The molecule has 1 amide bonds. The predicted octanol–water partition coefficient (Wildman–Crippen LogP) is 1.76. The molecule has 126 valence electrons. The Balaban J connectivity index is 2.45. The van der Waals surface area contributed by atoms with Crippen LogP contribution in [0.3, 0.4) is 0 Å². The van der Waals surface area contributed by atoms with E-state index in [1.807, 2.05) is 14.0 Å². The van der Waals surface area contributed by atoms with Crippen molar-refractivity contribution in [3.8, 4) is 0 Å². The zero-order valence-electron chi connectivity index (χ0n) is 14.3. The number of amides is 1. The van der Waals surface area contributed by atoms with Crippen molar-refractivity contribution in [2.45, 2.75) is 46.3 Å². The van der Waals surface area contributed by atoms with Crippen molar-refractivity contribution in [1.29, 1.82) is 0 Å². The third-order valence-electron chi connectivity index (χ3n) is 3.14. The molecule has 0 aromatic carbocycles. The molecule has 0 saturated carbocycles. The van der Waals surface area contributed by atoms with Gasteiger partial charge in [0.25, 0.3) is 0 Å². The normalized spacial score (nSPS) is 12.6. The summed E-state index contributed by atoms with van der Waals surface area (Å²) >= 11 is 0. The van der Waals surface area contributed by atoms with Crippen LogP contribution < -0.4 is 5.32 Å². The first-order chi connectivity index (χ1) is 10.4. The van der Waals surface area contributed by atoms with Crippen LogP contribution in [-0.2, 0) is 16.1 Å². The number of ether oxygens (including phenoxy) is 1. The molecule has 1 N–H and O–H groups in total. The molecule has 1 heterocycles. The number of nitrogens with one attached hydrogen (secondary N) is 1. The molecule has 0 radical (unpaired) electrons. The predicted molar refractivity (Wildman–Crippen MR) is 83.1 cm³/mol. The third kappa shape index (κ3) is 6.53. The quantitative estimate of drug-likeness (QED) is 0.663. The Hall–Kier alpha value is -1.47. The van der Waals surface area contributed by atoms with E-state index in [9.17, 15) is 4.79 Å². The second kappa shape index (κ2) is 9.53. The molecule has 0 spiro atoms. The molecule has 0 saturated heterocycles. The Morgan fingerprint density at radius 2 is 2.14 bits per heavy atom. The van der Waals surface area contributed by atoms with Crippen LogP contribution in [0.5, 0.6) is 0 Å². The average molecular weight is 312 g/mol. The molecule has 7 heteroatoms. The molecule has 1 aromatic heterocycles. The van der Waals surface area contributed by atoms with Crippen molar-refractivity contribution in [3.05, 3.63) is 11.7 Å². The van der Waals surface area contributed by atoms with Crippen LogP contribution in [0.4, 0.5) is 0 Å². The summed E-state index contributed by atoms with van der Waals surface area (Å²) in [5, 5.41) is 6.94. The minimum atomic E-state index is -0.212. The molecule has 1 unspecified atom stereocenters. The Morgan fingerprint density at radius 1 is 1.41 bits per heavy atom. The lowest BCUT2D eigenvalue weighted by Gasteiger charge is -2.14. The minimum absolute atomic E-state index is 0.0686. The first kappa shape index (κ1) is 18.6. The lowest BCUT2D eigenvalue weighted by Crippen LogP contribution is -2.27. The fourth-order valence-electron chi connectivity index (χ4n) is 1.81. The van der Waals surface area contributed by atoms with Gasteiger partial charge in [-0.05, 0) is 32.9 Å². The smallest absolute Gasteiger partial charge is 0.246 e. The van der Waals surface area contributed by atoms with Gasteiger partial charge >= 0.3 is 0 Å². The molecule has 22 heavy (non-hydrogen) atoms. The van der Waals surface area contributed by atoms with Crippen LogP contribution >= 0.6 is 0 Å². The van der Waals surface area contributed by atoms with E-state index in [1.54, 1.807) is 11.9 Å². The molecular formula is C15H28N4O3. The molecule has 1 atom stereocenters. The van der Waals surface area contributed by atoms with Gasteiger partial charge in [0.2, 0.25) is 11.8 Å². The van der Waals surface area contributed by atoms with Gasteiger partial charge in [0.05, 0.1) is 6.54 Å². The van der Waals surface area contributed by atoms with E-state index in [4.69, 9.17) is 9.26 Å². The van der Waals surface area contributed by atoms with E-state index in [1.165, 1.54) is 0 Å². The number of nitrogens with zero attached hydrogens (tertiary/aromatic N) is 3. The SMILES string of the molecule is CNCCCC(=O)N(C)Cc1nc(C(C)OCC(C)C)no1. The highest BCUT2D eigenvalue weighted by Crippen LogP contribution is 2.15. The molecule has 7 nitrogen and oxygen atoms in total. The van der Waals surface area contributed by atoms with Crippen molar-refractivity contribution in [2.24, 2.45) is 5.92 Å². The number of aromatic nitrogens is 2. The van der Waals surface area contributed by atoms with E-state index < -0.39 is 0 Å². The summed E-state index contributed by atoms with van der Waals surface area (Å²) in [7, 11) is 3.61.